The minimum Gasteiger partial charge on any atom is -0.406 e. The van der Waals surface area contributed by atoms with E-state index in [4.69, 9.17) is 0 Å². The van der Waals surface area contributed by atoms with Crippen LogP contribution in [0.1, 0.15) is 29.5 Å². The number of halogens is 3. The van der Waals surface area contributed by atoms with Crippen LogP contribution in [0.2, 0.25) is 0 Å². The zero-order chi connectivity index (χ0) is 19.2. The largest absolute Gasteiger partial charge is 0.573 e. The van der Waals surface area contributed by atoms with Crippen LogP contribution in [0.25, 0.3) is 0 Å². The number of nitrogens with one attached hydrogen (secondary N) is 1. The van der Waals surface area contributed by atoms with E-state index in [0.29, 0.717) is 0 Å². The molecule has 1 aliphatic carbocycles. The molecule has 0 fully saturated rings. The maximum atomic E-state index is 12.5. The topological polar surface area (TPSA) is 64.4 Å². The number of anilines is 1. The summed E-state index contributed by atoms with van der Waals surface area (Å²) >= 11 is 0. The second-order valence-electron chi connectivity index (χ2n) is 6.62. The van der Waals surface area contributed by atoms with Gasteiger partial charge in [-0.25, -0.2) is 0 Å². The van der Waals surface area contributed by atoms with E-state index in [9.17, 15) is 23.3 Å². The van der Waals surface area contributed by atoms with E-state index in [1.807, 2.05) is 12.2 Å². The normalized spacial score (nSPS) is 23.3. The zero-order valence-electron chi connectivity index (χ0n) is 13.9. The summed E-state index contributed by atoms with van der Waals surface area (Å²) in [5.41, 5.74) is 2.42. The number of nitrogens with zero attached hydrogens (tertiary/aromatic N) is 1. The highest BCUT2D eigenvalue weighted by Crippen LogP contribution is 2.50. The fourth-order valence-electron chi connectivity index (χ4n) is 3.90. The highest BCUT2D eigenvalue weighted by Gasteiger charge is 2.39. The van der Waals surface area contributed by atoms with Gasteiger partial charge in [-0.05, 0) is 41.7 Å². The molecule has 3 atom stereocenters. The monoisotopic (exact) mass is 376 g/mol. The molecule has 4 rings (SSSR count). The Morgan fingerprint density at radius 1 is 1.15 bits per heavy atom. The highest BCUT2D eigenvalue weighted by molar-refractivity contribution is 5.62. The minimum absolute atomic E-state index is 0.0185. The fourth-order valence-corrected chi connectivity index (χ4v) is 3.90. The molecular formula is C19H15F3N2O3. The molecule has 2 aliphatic rings. The van der Waals surface area contributed by atoms with Crippen molar-refractivity contribution in [2.75, 3.05) is 5.32 Å². The van der Waals surface area contributed by atoms with Crippen LogP contribution in [0.3, 0.4) is 0 Å². The van der Waals surface area contributed by atoms with Crippen LogP contribution in [0, 0.1) is 16.0 Å². The second-order valence-corrected chi connectivity index (χ2v) is 6.62. The summed E-state index contributed by atoms with van der Waals surface area (Å²) in [6.45, 7) is 0. The predicted molar refractivity (Wildman–Crippen MR) is 92.6 cm³/mol. The first-order valence-electron chi connectivity index (χ1n) is 8.39. The molecule has 0 saturated carbocycles. The molecule has 2 aromatic rings. The molecule has 5 nitrogen and oxygen atoms in total. The molecule has 0 bridgehead atoms. The summed E-state index contributed by atoms with van der Waals surface area (Å²) in [7, 11) is 0. The SMILES string of the molecule is O=[N+]([O-])c1ccc([C@@H]2Nc3ccc(OC(F)(F)F)cc3[C@@H]3C=CC[C@@H]32)cc1. The Kier molecular flexibility index (Phi) is 4.05. The van der Waals surface area contributed by atoms with Crippen LogP contribution in [-0.2, 0) is 0 Å². The van der Waals surface area contributed by atoms with E-state index >= 15 is 0 Å². The van der Waals surface area contributed by atoms with Crippen molar-refractivity contribution in [3.8, 4) is 5.75 Å². The Morgan fingerprint density at radius 2 is 1.89 bits per heavy atom. The molecule has 1 heterocycles. The van der Waals surface area contributed by atoms with Gasteiger partial charge in [0.2, 0.25) is 0 Å². The zero-order valence-corrected chi connectivity index (χ0v) is 13.9. The van der Waals surface area contributed by atoms with Crippen molar-refractivity contribution in [2.45, 2.75) is 24.7 Å². The summed E-state index contributed by atoms with van der Waals surface area (Å²) in [6.07, 6.45) is 0.0492. The molecule has 27 heavy (non-hydrogen) atoms. The molecule has 0 amide bonds. The van der Waals surface area contributed by atoms with Gasteiger partial charge in [0.15, 0.2) is 0 Å². The van der Waals surface area contributed by atoms with Crippen molar-refractivity contribution < 1.29 is 22.8 Å². The highest BCUT2D eigenvalue weighted by atomic mass is 19.4. The second kappa shape index (κ2) is 6.29. The maximum Gasteiger partial charge on any atom is 0.573 e. The van der Waals surface area contributed by atoms with Crippen LogP contribution in [0.4, 0.5) is 24.5 Å². The van der Waals surface area contributed by atoms with Gasteiger partial charge < -0.3 is 10.1 Å². The van der Waals surface area contributed by atoms with Crippen molar-refractivity contribution in [2.24, 2.45) is 5.92 Å². The summed E-state index contributed by atoms with van der Waals surface area (Å²) in [4.78, 5) is 10.4. The molecular weight excluding hydrogens is 361 g/mol. The fraction of sp³-hybridized carbons (Fsp3) is 0.263. The van der Waals surface area contributed by atoms with Crippen LogP contribution >= 0.6 is 0 Å². The molecule has 0 aromatic heterocycles. The molecule has 0 radical (unpaired) electrons. The Bertz CT molecular complexity index is 909. The van der Waals surface area contributed by atoms with Crippen LogP contribution in [0.15, 0.2) is 54.6 Å². The van der Waals surface area contributed by atoms with E-state index in [1.54, 1.807) is 18.2 Å². The lowest BCUT2D eigenvalue weighted by Gasteiger charge is -2.37. The van der Waals surface area contributed by atoms with Crippen molar-refractivity contribution in [3.63, 3.8) is 0 Å². The van der Waals surface area contributed by atoms with Gasteiger partial charge in [0.05, 0.1) is 11.0 Å². The quantitative estimate of drug-likeness (QED) is 0.447. The molecule has 8 heteroatoms. The van der Waals surface area contributed by atoms with E-state index in [1.165, 1.54) is 24.3 Å². The summed E-state index contributed by atoms with van der Waals surface area (Å²) in [6, 6.07) is 10.6. The summed E-state index contributed by atoms with van der Waals surface area (Å²) in [5, 5.41) is 14.2. The third-order valence-corrected chi connectivity index (χ3v) is 5.03. The van der Waals surface area contributed by atoms with Crippen molar-refractivity contribution in [1.29, 1.82) is 0 Å². The first-order valence-corrected chi connectivity index (χ1v) is 8.39. The Balaban J connectivity index is 1.67. The number of benzene rings is 2. The lowest BCUT2D eigenvalue weighted by molar-refractivity contribution is -0.384. The van der Waals surface area contributed by atoms with Crippen molar-refractivity contribution in [3.05, 3.63) is 75.9 Å². The van der Waals surface area contributed by atoms with Crippen LogP contribution in [0.5, 0.6) is 5.75 Å². The van der Waals surface area contributed by atoms with Gasteiger partial charge in [-0.1, -0.05) is 24.3 Å². The number of nitro benzene ring substituents is 1. The van der Waals surface area contributed by atoms with Gasteiger partial charge in [-0.2, -0.15) is 0 Å². The minimum atomic E-state index is -4.73. The van der Waals surface area contributed by atoms with Gasteiger partial charge in [-0.3, -0.25) is 10.1 Å². The third-order valence-electron chi connectivity index (χ3n) is 5.03. The average molecular weight is 376 g/mol. The number of nitro groups is 1. The van der Waals surface area contributed by atoms with E-state index in [-0.39, 0.29) is 29.3 Å². The number of hydrogen-bond donors (Lipinski definition) is 1. The Morgan fingerprint density at radius 3 is 2.56 bits per heavy atom. The number of allylic oxidation sites excluding steroid dienone is 2. The van der Waals surface area contributed by atoms with Crippen molar-refractivity contribution in [1.82, 2.24) is 0 Å². The average Bonchev–Trinajstić information content (AvgIpc) is 3.10. The van der Waals surface area contributed by atoms with Gasteiger partial charge >= 0.3 is 6.36 Å². The standard InChI is InChI=1S/C19H15F3N2O3/c20-19(21,22)27-13-8-9-17-16(10-13)14-2-1-3-15(14)18(23-17)11-4-6-12(7-5-11)24(25)26/h1-2,4-10,14-15,18,23H,3H2/t14-,15+,18+/m1/s1. The number of fused-ring (bicyclic) bond motifs is 3. The number of rotatable bonds is 3. The summed E-state index contributed by atoms with van der Waals surface area (Å²) in [5.74, 6) is -0.172. The van der Waals surface area contributed by atoms with E-state index < -0.39 is 11.3 Å². The van der Waals surface area contributed by atoms with Crippen LogP contribution < -0.4 is 10.1 Å². The van der Waals surface area contributed by atoms with E-state index in [0.717, 1.165) is 23.2 Å². The van der Waals surface area contributed by atoms with Crippen LogP contribution in [-0.4, -0.2) is 11.3 Å². The predicted octanol–water partition coefficient (Wildman–Crippen LogP) is 5.32. The summed E-state index contributed by atoms with van der Waals surface area (Å²) < 4.78 is 41.6. The molecule has 1 N–H and O–H groups in total. The van der Waals surface area contributed by atoms with Gasteiger partial charge in [0.25, 0.3) is 5.69 Å². The number of alkyl halides is 3. The maximum absolute atomic E-state index is 12.5. The van der Waals surface area contributed by atoms with Gasteiger partial charge in [0.1, 0.15) is 5.75 Å². The number of hydrogen-bond acceptors (Lipinski definition) is 4. The Hall–Kier alpha value is -3.03. The molecule has 2 aromatic carbocycles. The van der Waals surface area contributed by atoms with Gasteiger partial charge in [0, 0.05) is 23.7 Å². The lowest BCUT2D eigenvalue weighted by atomic mass is 9.77. The van der Waals surface area contributed by atoms with Gasteiger partial charge in [-0.15, -0.1) is 13.2 Å². The number of non-ortho nitro benzene ring substituents is 1. The molecule has 0 spiro atoms. The third kappa shape index (κ3) is 3.34. The van der Waals surface area contributed by atoms with E-state index in [2.05, 4.69) is 10.1 Å². The molecule has 0 unspecified atom stereocenters. The lowest BCUT2D eigenvalue weighted by Crippen LogP contribution is -2.29. The van der Waals surface area contributed by atoms with Crippen molar-refractivity contribution >= 4 is 11.4 Å². The smallest absolute Gasteiger partial charge is 0.406 e. The Labute approximate surface area is 152 Å². The molecule has 0 saturated heterocycles. The first kappa shape index (κ1) is 17.4. The first-order chi connectivity index (χ1) is 12.8. The molecule has 140 valence electrons. The number of ether oxygens (including phenoxy) is 1. The molecule has 1 aliphatic heterocycles.